The molecule has 0 radical (unpaired) electrons. The molecular formula is C18H23N3O6S2. The van der Waals surface area contributed by atoms with E-state index >= 15 is 0 Å². The minimum Gasteiger partial charge on any atom is -0.484 e. The van der Waals surface area contributed by atoms with Crippen LogP contribution in [0.25, 0.3) is 0 Å². The van der Waals surface area contributed by atoms with Gasteiger partial charge in [0.25, 0.3) is 5.91 Å². The second-order valence-corrected chi connectivity index (χ2v) is 10.4. The van der Waals surface area contributed by atoms with Crippen LogP contribution in [0.3, 0.4) is 0 Å². The molecule has 11 heteroatoms. The second-order valence-electron chi connectivity index (χ2n) is 6.34. The number of carbonyl (C=O) groups is 1. The number of anilines is 3. The van der Waals surface area contributed by atoms with Crippen LogP contribution in [0.1, 0.15) is 0 Å². The first-order chi connectivity index (χ1) is 13.4. The van der Waals surface area contributed by atoms with Gasteiger partial charge in [-0.25, -0.2) is 16.8 Å². The first-order valence-electron chi connectivity index (χ1n) is 8.38. The molecule has 0 bridgehead atoms. The molecule has 2 rings (SSSR count). The van der Waals surface area contributed by atoms with Crippen molar-refractivity contribution in [1.29, 1.82) is 0 Å². The summed E-state index contributed by atoms with van der Waals surface area (Å²) >= 11 is 0. The van der Waals surface area contributed by atoms with E-state index in [4.69, 9.17) is 4.74 Å². The minimum absolute atomic E-state index is 0.270. The molecule has 0 aliphatic carbocycles. The highest BCUT2D eigenvalue weighted by atomic mass is 32.2. The monoisotopic (exact) mass is 441 g/mol. The van der Waals surface area contributed by atoms with E-state index in [1.165, 1.54) is 20.2 Å². The molecule has 0 aromatic heterocycles. The number of rotatable bonds is 8. The summed E-state index contributed by atoms with van der Waals surface area (Å²) in [5.41, 5.74) is 1.31. The summed E-state index contributed by atoms with van der Waals surface area (Å²) in [5.74, 6) is -0.0298. The van der Waals surface area contributed by atoms with E-state index in [1.807, 2.05) is 0 Å². The van der Waals surface area contributed by atoms with Gasteiger partial charge in [-0.1, -0.05) is 6.07 Å². The van der Waals surface area contributed by atoms with Crippen molar-refractivity contribution in [2.75, 3.05) is 47.1 Å². The Morgan fingerprint density at radius 1 is 0.897 bits per heavy atom. The fourth-order valence-electron chi connectivity index (χ4n) is 2.26. The molecule has 2 aromatic carbocycles. The van der Waals surface area contributed by atoms with Crippen molar-refractivity contribution >= 4 is 43.0 Å². The third kappa shape index (κ3) is 6.36. The molecule has 0 aliphatic rings. The standard InChI is InChI=1S/C18H23N3O6S2/c1-20(28(3,23)24)15-8-10-17(11-9-15)27-13-18(22)19-14-6-5-7-16(12-14)21(2)29(4,25)26/h5-12H,13H2,1-4H3,(H,19,22). The van der Waals surface area contributed by atoms with Gasteiger partial charge in [0, 0.05) is 19.8 Å². The molecule has 158 valence electrons. The maximum Gasteiger partial charge on any atom is 0.262 e. The smallest absolute Gasteiger partial charge is 0.262 e. The fraction of sp³-hybridized carbons (Fsp3) is 0.278. The van der Waals surface area contributed by atoms with Crippen LogP contribution in [-0.2, 0) is 24.8 Å². The van der Waals surface area contributed by atoms with Crippen LogP contribution in [0.2, 0.25) is 0 Å². The van der Waals surface area contributed by atoms with E-state index in [2.05, 4.69) is 5.32 Å². The molecule has 9 nitrogen and oxygen atoms in total. The lowest BCUT2D eigenvalue weighted by molar-refractivity contribution is -0.118. The first-order valence-corrected chi connectivity index (χ1v) is 12.1. The van der Waals surface area contributed by atoms with Crippen LogP contribution in [0.4, 0.5) is 17.1 Å². The second kappa shape index (κ2) is 8.70. The largest absolute Gasteiger partial charge is 0.484 e. The van der Waals surface area contributed by atoms with Gasteiger partial charge in [-0.15, -0.1) is 0 Å². The third-order valence-electron chi connectivity index (χ3n) is 4.06. The summed E-state index contributed by atoms with van der Waals surface area (Å²) in [6.45, 7) is -0.270. The fourth-order valence-corrected chi connectivity index (χ4v) is 3.26. The van der Waals surface area contributed by atoms with E-state index in [0.717, 1.165) is 21.1 Å². The van der Waals surface area contributed by atoms with Crippen molar-refractivity contribution in [2.45, 2.75) is 0 Å². The minimum atomic E-state index is -3.41. The Balaban J connectivity index is 1.97. The van der Waals surface area contributed by atoms with E-state index in [9.17, 15) is 21.6 Å². The Bertz CT molecular complexity index is 1080. The van der Waals surface area contributed by atoms with Crippen LogP contribution in [0.15, 0.2) is 48.5 Å². The van der Waals surface area contributed by atoms with Crippen molar-refractivity contribution in [2.24, 2.45) is 0 Å². The number of amides is 1. The molecule has 29 heavy (non-hydrogen) atoms. The van der Waals surface area contributed by atoms with Crippen molar-refractivity contribution in [3.8, 4) is 5.75 Å². The van der Waals surface area contributed by atoms with Gasteiger partial charge in [0.05, 0.1) is 23.9 Å². The number of sulfonamides is 2. The molecule has 0 aliphatic heterocycles. The number of hydrogen-bond donors (Lipinski definition) is 1. The van der Waals surface area contributed by atoms with Gasteiger partial charge >= 0.3 is 0 Å². The summed E-state index contributed by atoms with van der Waals surface area (Å²) in [5, 5.41) is 2.64. The summed E-state index contributed by atoms with van der Waals surface area (Å²) in [6, 6.07) is 12.7. The number of nitrogens with zero attached hydrogens (tertiary/aromatic N) is 2. The molecule has 0 atom stereocenters. The molecular weight excluding hydrogens is 418 g/mol. The maximum absolute atomic E-state index is 12.1. The number of benzene rings is 2. The summed E-state index contributed by atoms with van der Waals surface area (Å²) in [7, 11) is -3.91. The number of hydrogen-bond acceptors (Lipinski definition) is 6. The lowest BCUT2D eigenvalue weighted by Gasteiger charge is -2.17. The molecule has 0 fully saturated rings. The molecule has 0 saturated heterocycles. The normalized spacial score (nSPS) is 11.6. The van der Waals surface area contributed by atoms with E-state index in [-0.39, 0.29) is 6.61 Å². The molecule has 1 N–H and O–H groups in total. The maximum atomic E-state index is 12.1. The Kier molecular flexibility index (Phi) is 6.75. The number of nitrogens with one attached hydrogen (secondary N) is 1. The van der Waals surface area contributed by atoms with Crippen LogP contribution in [0, 0.1) is 0 Å². The van der Waals surface area contributed by atoms with Crippen LogP contribution in [-0.4, -0.2) is 56.0 Å². The van der Waals surface area contributed by atoms with Gasteiger partial charge in [-0.05, 0) is 42.5 Å². The number of ether oxygens (including phenoxy) is 1. The molecule has 1 amide bonds. The summed E-state index contributed by atoms with van der Waals surface area (Å²) in [6.07, 6.45) is 2.19. The Morgan fingerprint density at radius 2 is 1.45 bits per heavy atom. The molecule has 0 saturated carbocycles. The predicted octanol–water partition coefficient (Wildman–Crippen LogP) is 1.50. The Morgan fingerprint density at radius 3 is 2.00 bits per heavy atom. The van der Waals surface area contributed by atoms with Crippen molar-refractivity contribution < 1.29 is 26.4 Å². The SMILES string of the molecule is CN(c1ccc(OCC(=O)Nc2cccc(N(C)S(C)(=O)=O)c2)cc1)S(C)(=O)=O. The topological polar surface area (TPSA) is 113 Å². The quantitative estimate of drug-likeness (QED) is 0.664. The first kappa shape index (κ1) is 22.5. The van der Waals surface area contributed by atoms with E-state index < -0.39 is 26.0 Å². The predicted molar refractivity (Wildman–Crippen MR) is 114 cm³/mol. The zero-order valence-corrected chi connectivity index (χ0v) is 18.1. The van der Waals surface area contributed by atoms with Crippen LogP contribution >= 0.6 is 0 Å². The average Bonchev–Trinajstić information content (AvgIpc) is 2.64. The van der Waals surface area contributed by atoms with Crippen molar-refractivity contribution in [1.82, 2.24) is 0 Å². The van der Waals surface area contributed by atoms with Gasteiger partial charge in [-0.3, -0.25) is 13.4 Å². The van der Waals surface area contributed by atoms with Gasteiger partial charge < -0.3 is 10.1 Å². The molecule has 2 aromatic rings. The molecule has 0 spiro atoms. The summed E-state index contributed by atoms with van der Waals surface area (Å²) in [4.78, 5) is 12.1. The third-order valence-corrected chi connectivity index (χ3v) is 6.47. The lowest BCUT2D eigenvalue weighted by atomic mass is 10.3. The van der Waals surface area contributed by atoms with E-state index in [0.29, 0.717) is 22.8 Å². The molecule has 0 unspecified atom stereocenters. The van der Waals surface area contributed by atoms with Crippen LogP contribution < -0.4 is 18.7 Å². The Hall–Kier alpha value is -2.79. The van der Waals surface area contributed by atoms with Gasteiger partial charge in [0.2, 0.25) is 20.0 Å². The molecule has 0 heterocycles. The highest BCUT2D eigenvalue weighted by Crippen LogP contribution is 2.21. The highest BCUT2D eigenvalue weighted by molar-refractivity contribution is 7.92. The lowest BCUT2D eigenvalue weighted by Crippen LogP contribution is -2.25. The number of carbonyl (C=O) groups excluding carboxylic acids is 1. The van der Waals surface area contributed by atoms with Crippen LogP contribution in [0.5, 0.6) is 5.75 Å². The summed E-state index contributed by atoms with van der Waals surface area (Å²) < 4.78 is 54.0. The zero-order chi connectivity index (χ0) is 21.8. The Labute approximate surface area is 171 Å². The van der Waals surface area contributed by atoms with Crippen molar-refractivity contribution in [3.05, 3.63) is 48.5 Å². The average molecular weight is 442 g/mol. The van der Waals surface area contributed by atoms with Crippen molar-refractivity contribution in [3.63, 3.8) is 0 Å². The zero-order valence-electron chi connectivity index (χ0n) is 16.5. The van der Waals surface area contributed by atoms with Gasteiger partial charge in [-0.2, -0.15) is 0 Å². The van der Waals surface area contributed by atoms with E-state index in [1.54, 1.807) is 42.5 Å². The van der Waals surface area contributed by atoms with Gasteiger partial charge in [0.15, 0.2) is 6.61 Å². The van der Waals surface area contributed by atoms with Gasteiger partial charge in [0.1, 0.15) is 5.75 Å². The highest BCUT2D eigenvalue weighted by Gasteiger charge is 2.14.